The molecule has 144 valence electrons. The Balaban J connectivity index is 1.95. The highest BCUT2D eigenvalue weighted by atomic mass is 19.1. The fourth-order valence-electron chi connectivity index (χ4n) is 2.45. The molecule has 1 amide bonds. The number of halogens is 1. The number of pyridine rings is 2. The van der Waals surface area contributed by atoms with E-state index in [0.29, 0.717) is 5.69 Å². The standard InChI is InChI=1S/C17H14FN5O5/c1-3-22(17(24)27-13-5-4-8-19-16(13)18)14-10(2)21-28-15(14)12-7-6-11(9-20-12)23(25)26/h4-9H,3H2,1-2H3. The van der Waals surface area contributed by atoms with Gasteiger partial charge < -0.3 is 9.26 Å². The summed E-state index contributed by atoms with van der Waals surface area (Å²) in [6.45, 7) is 3.44. The van der Waals surface area contributed by atoms with Crippen LogP contribution < -0.4 is 9.64 Å². The average Bonchev–Trinajstić information content (AvgIpc) is 3.06. The van der Waals surface area contributed by atoms with Crippen LogP contribution in [0.1, 0.15) is 12.6 Å². The van der Waals surface area contributed by atoms with Crippen molar-refractivity contribution in [3.05, 3.63) is 58.4 Å². The maximum absolute atomic E-state index is 13.7. The molecule has 0 saturated carbocycles. The minimum atomic E-state index is -0.925. The van der Waals surface area contributed by atoms with Crippen LogP contribution in [-0.2, 0) is 0 Å². The molecule has 0 radical (unpaired) electrons. The molecule has 0 unspecified atom stereocenters. The van der Waals surface area contributed by atoms with Crippen LogP contribution in [0.3, 0.4) is 0 Å². The Morgan fingerprint density at radius 3 is 2.75 bits per heavy atom. The van der Waals surface area contributed by atoms with Gasteiger partial charge in [-0.15, -0.1) is 0 Å². The quantitative estimate of drug-likeness (QED) is 0.370. The van der Waals surface area contributed by atoms with E-state index in [0.717, 1.165) is 6.20 Å². The number of aryl methyl sites for hydroxylation is 1. The highest BCUT2D eigenvalue weighted by Gasteiger charge is 2.28. The highest BCUT2D eigenvalue weighted by molar-refractivity contribution is 5.93. The largest absolute Gasteiger partial charge is 0.420 e. The molecule has 28 heavy (non-hydrogen) atoms. The summed E-state index contributed by atoms with van der Waals surface area (Å²) in [7, 11) is 0. The van der Waals surface area contributed by atoms with Crippen LogP contribution in [0.4, 0.5) is 20.6 Å². The molecule has 0 fully saturated rings. The number of hydrogen-bond donors (Lipinski definition) is 0. The van der Waals surface area contributed by atoms with E-state index < -0.39 is 17.0 Å². The van der Waals surface area contributed by atoms with Crippen molar-refractivity contribution in [2.75, 3.05) is 11.4 Å². The molecule has 0 aliphatic heterocycles. The van der Waals surface area contributed by atoms with Crippen LogP contribution in [0.2, 0.25) is 0 Å². The van der Waals surface area contributed by atoms with Crippen LogP contribution in [0.5, 0.6) is 5.75 Å². The predicted octanol–water partition coefficient (Wildman–Crippen LogP) is 3.51. The van der Waals surface area contributed by atoms with E-state index in [4.69, 9.17) is 9.26 Å². The van der Waals surface area contributed by atoms with Crippen molar-refractivity contribution in [3.8, 4) is 17.2 Å². The zero-order valence-electron chi connectivity index (χ0n) is 14.8. The molecule has 0 aliphatic rings. The first-order chi connectivity index (χ1) is 13.4. The minimum absolute atomic E-state index is 0.123. The zero-order chi connectivity index (χ0) is 20.3. The Morgan fingerprint density at radius 1 is 1.36 bits per heavy atom. The Hall–Kier alpha value is -3.89. The van der Waals surface area contributed by atoms with Gasteiger partial charge >= 0.3 is 6.09 Å². The Bertz CT molecular complexity index is 1020. The molecule has 0 saturated heterocycles. The summed E-state index contributed by atoms with van der Waals surface area (Å²) in [6.07, 6.45) is 1.42. The number of carbonyl (C=O) groups excluding carboxylic acids is 1. The van der Waals surface area contributed by atoms with Gasteiger partial charge in [-0.1, -0.05) is 5.16 Å². The molecule has 3 aromatic rings. The molecule has 0 N–H and O–H groups in total. The molecule has 0 spiro atoms. The third-order valence-corrected chi connectivity index (χ3v) is 3.75. The number of rotatable bonds is 5. The van der Waals surface area contributed by atoms with E-state index in [1.165, 1.54) is 35.4 Å². The van der Waals surface area contributed by atoms with Crippen molar-refractivity contribution in [2.24, 2.45) is 0 Å². The van der Waals surface area contributed by atoms with Crippen molar-refractivity contribution in [1.82, 2.24) is 15.1 Å². The summed E-state index contributed by atoms with van der Waals surface area (Å²) in [5.74, 6) is -1.13. The lowest BCUT2D eigenvalue weighted by Crippen LogP contribution is -2.34. The van der Waals surface area contributed by atoms with Gasteiger partial charge in [-0.2, -0.15) is 4.39 Å². The third kappa shape index (κ3) is 3.63. The fourth-order valence-corrected chi connectivity index (χ4v) is 2.45. The van der Waals surface area contributed by atoms with E-state index in [-0.39, 0.29) is 35.1 Å². The maximum atomic E-state index is 13.7. The van der Waals surface area contributed by atoms with Gasteiger partial charge in [0.1, 0.15) is 23.3 Å². The van der Waals surface area contributed by atoms with E-state index in [1.54, 1.807) is 13.8 Å². The van der Waals surface area contributed by atoms with Crippen LogP contribution in [-0.4, -0.2) is 32.7 Å². The molecule has 0 atom stereocenters. The second kappa shape index (κ2) is 7.78. The second-order valence-electron chi connectivity index (χ2n) is 5.51. The number of carbonyl (C=O) groups is 1. The van der Waals surface area contributed by atoms with Gasteiger partial charge in [-0.25, -0.2) is 14.8 Å². The van der Waals surface area contributed by atoms with Crippen LogP contribution >= 0.6 is 0 Å². The minimum Gasteiger partial charge on any atom is -0.405 e. The van der Waals surface area contributed by atoms with E-state index >= 15 is 0 Å². The number of nitrogens with zero attached hydrogens (tertiary/aromatic N) is 5. The maximum Gasteiger partial charge on any atom is 0.420 e. The van der Waals surface area contributed by atoms with Gasteiger partial charge in [0.15, 0.2) is 5.75 Å². The van der Waals surface area contributed by atoms with Gasteiger partial charge in [0, 0.05) is 18.8 Å². The Labute approximate surface area is 157 Å². The molecule has 0 aliphatic carbocycles. The van der Waals surface area contributed by atoms with Crippen molar-refractivity contribution >= 4 is 17.5 Å². The molecule has 3 rings (SSSR count). The van der Waals surface area contributed by atoms with Gasteiger partial charge in [0.2, 0.25) is 5.76 Å². The summed E-state index contributed by atoms with van der Waals surface area (Å²) in [6, 6.07) is 5.33. The number of hydrogen-bond acceptors (Lipinski definition) is 8. The first-order valence-electron chi connectivity index (χ1n) is 8.09. The smallest absolute Gasteiger partial charge is 0.405 e. The fraction of sp³-hybridized carbons (Fsp3) is 0.176. The number of ether oxygens (including phenoxy) is 1. The molecule has 0 bridgehead atoms. The predicted molar refractivity (Wildman–Crippen MR) is 94.4 cm³/mol. The van der Waals surface area contributed by atoms with Gasteiger partial charge in [-0.3, -0.25) is 15.0 Å². The molecule has 11 heteroatoms. The van der Waals surface area contributed by atoms with Crippen molar-refractivity contribution in [2.45, 2.75) is 13.8 Å². The lowest BCUT2D eigenvalue weighted by molar-refractivity contribution is -0.385. The lowest BCUT2D eigenvalue weighted by atomic mass is 10.2. The number of anilines is 1. The summed E-state index contributed by atoms with van der Waals surface area (Å²) in [4.78, 5) is 31.4. The first-order valence-corrected chi connectivity index (χ1v) is 8.09. The molecule has 3 aromatic heterocycles. The zero-order valence-corrected chi connectivity index (χ0v) is 14.8. The monoisotopic (exact) mass is 387 g/mol. The second-order valence-corrected chi connectivity index (χ2v) is 5.51. The third-order valence-electron chi connectivity index (χ3n) is 3.75. The summed E-state index contributed by atoms with van der Waals surface area (Å²) >= 11 is 0. The van der Waals surface area contributed by atoms with Crippen molar-refractivity contribution in [3.63, 3.8) is 0 Å². The number of nitro groups is 1. The van der Waals surface area contributed by atoms with Crippen molar-refractivity contribution in [1.29, 1.82) is 0 Å². The normalized spacial score (nSPS) is 10.5. The summed E-state index contributed by atoms with van der Waals surface area (Å²) in [5.41, 5.74) is 0.666. The first kappa shape index (κ1) is 18.9. The molecule has 0 aromatic carbocycles. The summed E-state index contributed by atoms with van der Waals surface area (Å²) < 4.78 is 24.0. The number of amides is 1. The van der Waals surface area contributed by atoms with Crippen LogP contribution in [0.15, 0.2) is 41.2 Å². The van der Waals surface area contributed by atoms with E-state index in [9.17, 15) is 19.3 Å². The lowest BCUT2D eigenvalue weighted by Gasteiger charge is -2.20. The van der Waals surface area contributed by atoms with Gasteiger partial charge in [-0.05, 0) is 32.0 Å². The average molecular weight is 387 g/mol. The molecular weight excluding hydrogens is 373 g/mol. The van der Waals surface area contributed by atoms with Crippen LogP contribution in [0.25, 0.3) is 11.5 Å². The topological polar surface area (TPSA) is 124 Å². The molecular formula is C17H14FN5O5. The van der Waals surface area contributed by atoms with Crippen molar-refractivity contribution < 1.29 is 23.4 Å². The Morgan fingerprint density at radius 2 is 2.14 bits per heavy atom. The van der Waals surface area contributed by atoms with Crippen LogP contribution in [0, 0.1) is 23.0 Å². The molecule has 3 heterocycles. The van der Waals surface area contributed by atoms with E-state index in [2.05, 4.69) is 15.1 Å². The molecule has 10 nitrogen and oxygen atoms in total. The van der Waals surface area contributed by atoms with Gasteiger partial charge in [0.05, 0.1) is 4.92 Å². The highest BCUT2D eigenvalue weighted by Crippen LogP contribution is 2.34. The van der Waals surface area contributed by atoms with E-state index in [1.807, 2.05) is 0 Å². The Kier molecular flexibility index (Phi) is 5.25. The summed E-state index contributed by atoms with van der Waals surface area (Å²) in [5, 5.41) is 14.6. The SMILES string of the molecule is CCN(C(=O)Oc1cccnc1F)c1c(C)noc1-c1ccc([N+](=O)[O-])cn1. The van der Waals surface area contributed by atoms with Gasteiger partial charge in [0.25, 0.3) is 11.6 Å². The number of aromatic nitrogens is 3.